The van der Waals surface area contributed by atoms with Crippen LogP contribution in [-0.4, -0.2) is 16.2 Å². The summed E-state index contributed by atoms with van der Waals surface area (Å²) in [5, 5.41) is 8.26. The third-order valence-electron chi connectivity index (χ3n) is 1.65. The van der Waals surface area contributed by atoms with Crippen LogP contribution in [0.25, 0.3) is 0 Å². The summed E-state index contributed by atoms with van der Waals surface area (Å²) in [5.41, 5.74) is 0.889. The molecule has 1 aliphatic heterocycles. The molecule has 2 heterocycles. The number of amides is 1. The second kappa shape index (κ2) is 6.81. The van der Waals surface area contributed by atoms with Gasteiger partial charge in [-0.25, -0.2) is 0 Å². The van der Waals surface area contributed by atoms with E-state index >= 15 is 0 Å². The minimum Gasteiger partial charge on any atom is -0.325 e. The maximum Gasteiger partial charge on any atom is 0.260 e. The molecule has 0 atom stereocenters. The Bertz CT molecular complexity index is 529. The highest BCUT2D eigenvalue weighted by Crippen LogP contribution is 2.34. The molecule has 2 N–H and O–H groups in total. The van der Waals surface area contributed by atoms with Crippen molar-refractivity contribution in [1.29, 1.82) is 5.41 Å². The van der Waals surface area contributed by atoms with Crippen LogP contribution in [0.2, 0.25) is 4.34 Å². The maximum absolute atomic E-state index is 10.7. The van der Waals surface area contributed by atoms with Crippen molar-refractivity contribution in [2.75, 3.05) is 5.32 Å². The zero-order chi connectivity index (χ0) is 13.7. The number of hydrogen-bond acceptors (Lipinski definition) is 4. The quantitative estimate of drug-likeness (QED) is 0.390. The third kappa shape index (κ3) is 5.10. The number of fused-ring (bicyclic) bond motifs is 1. The zero-order valence-corrected chi connectivity index (χ0v) is 11.9. The van der Waals surface area contributed by atoms with Crippen LogP contribution in [0, 0.1) is 17.3 Å². The number of hydrogen-bond donors (Lipinski definition) is 3. The molecule has 8 heteroatoms. The first-order chi connectivity index (χ1) is 8.38. The topological polar surface area (TPSA) is 70.0 Å². The van der Waals surface area contributed by atoms with Crippen molar-refractivity contribution in [2.45, 2.75) is 6.42 Å². The summed E-state index contributed by atoms with van der Waals surface area (Å²) < 4.78 is 0.741. The molecule has 0 radical (unpaired) electrons. The van der Waals surface area contributed by atoms with Gasteiger partial charge in [0.25, 0.3) is 5.12 Å². The molecule has 94 valence electrons. The summed E-state index contributed by atoms with van der Waals surface area (Å²) in [6, 6.07) is 1.78. The van der Waals surface area contributed by atoms with Crippen molar-refractivity contribution in [2.24, 2.45) is 0 Å². The highest BCUT2D eigenvalue weighted by Gasteiger charge is 2.19. The Morgan fingerprint density at radius 2 is 2.22 bits per heavy atom. The summed E-state index contributed by atoms with van der Waals surface area (Å²) in [7, 11) is 0. The molecule has 2 rings (SSSR count). The summed E-state index contributed by atoms with van der Waals surface area (Å²) in [5.74, 6) is 4.05. The van der Waals surface area contributed by atoms with E-state index in [0.717, 1.165) is 14.9 Å². The van der Waals surface area contributed by atoms with Crippen LogP contribution in [0.5, 0.6) is 0 Å². The van der Waals surface area contributed by atoms with E-state index in [4.69, 9.17) is 28.6 Å². The van der Waals surface area contributed by atoms with Gasteiger partial charge in [0, 0.05) is 4.88 Å². The van der Waals surface area contributed by atoms with E-state index < -0.39 is 5.12 Å². The van der Waals surface area contributed by atoms with Crippen molar-refractivity contribution < 1.29 is 9.59 Å². The van der Waals surface area contributed by atoms with Gasteiger partial charge < -0.3 is 5.32 Å². The molecule has 0 aromatic carbocycles. The SMILES string of the molecule is N=C(Cl)C#CC(=O)S.O=C1Cc2sc(Cl)cc2N1. The molecule has 1 aliphatic rings. The molecular formula is C10H6Cl2N2O2S2. The zero-order valence-electron chi connectivity index (χ0n) is 8.71. The lowest BCUT2D eigenvalue weighted by atomic mass is 10.4. The molecule has 18 heavy (non-hydrogen) atoms. The molecule has 1 aromatic heterocycles. The Balaban J connectivity index is 0.000000187. The van der Waals surface area contributed by atoms with Crippen molar-refractivity contribution in [3.05, 3.63) is 15.3 Å². The second-order valence-electron chi connectivity index (χ2n) is 2.98. The van der Waals surface area contributed by atoms with Gasteiger partial charge in [-0.3, -0.25) is 15.0 Å². The van der Waals surface area contributed by atoms with Crippen LogP contribution < -0.4 is 5.32 Å². The van der Waals surface area contributed by atoms with Gasteiger partial charge in [0.2, 0.25) is 5.91 Å². The van der Waals surface area contributed by atoms with Crippen molar-refractivity contribution >= 4 is 69.0 Å². The number of nitrogens with one attached hydrogen (secondary N) is 2. The maximum atomic E-state index is 10.7. The van der Waals surface area contributed by atoms with Gasteiger partial charge >= 0.3 is 0 Å². The van der Waals surface area contributed by atoms with Crippen LogP contribution in [0.4, 0.5) is 5.69 Å². The normalized spacial score (nSPS) is 11.4. The lowest BCUT2D eigenvalue weighted by Crippen LogP contribution is -2.03. The molecule has 0 aliphatic carbocycles. The predicted molar refractivity (Wildman–Crippen MR) is 77.0 cm³/mol. The van der Waals surface area contributed by atoms with E-state index in [-0.39, 0.29) is 11.1 Å². The van der Waals surface area contributed by atoms with Gasteiger partial charge in [-0.2, -0.15) is 0 Å². The first kappa shape index (κ1) is 15.1. The number of carbonyl (C=O) groups excluding carboxylic acids is 2. The Kier molecular flexibility index (Phi) is 5.69. The van der Waals surface area contributed by atoms with Crippen LogP contribution in [0.15, 0.2) is 6.07 Å². The standard InChI is InChI=1S/C6H4ClNOS.C4H2ClNOS/c7-5-1-3-4(10-5)2-6(9)8-3;5-3(6)1-2-4(7)8/h1H,2H2,(H,8,9);6H,(H,7,8). The minimum absolute atomic E-state index is 0.0675. The molecule has 1 amide bonds. The van der Waals surface area contributed by atoms with Gasteiger partial charge in [0.1, 0.15) is 0 Å². The average Bonchev–Trinajstić information content (AvgIpc) is 2.71. The Morgan fingerprint density at radius 3 is 2.67 bits per heavy atom. The van der Waals surface area contributed by atoms with Crippen molar-refractivity contribution in [3.8, 4) is 11.8 Å². The molecule has 0 spiro atoms. The summed E-state index contributed by atoms with van der Waals surface area (Å²) in [6.45, 7) is 0. The lowest BCUT2D eigenvalue weighted by Gasteiger charge is -1.86. The molecule has 4 nitrogen and oxygen atoms in total. The first-order valence-corrected chi connectivity index (χ1v) is 6.47. The molecular weight excluding hydrogens is 315 g/mol. The van der Waals surface area contributed by atoms with E-state index in [1.54, 1.807) is 6.07 Å². The van der Waals surface area contributed by atoms with E-state index in [1.165, 1.54) is 11.3 Å². The highest BCUT2D eigenvalue weighted by molar-refractivity contribution is 7.97. The van der Waals surface area contributed by atoms with E-state index in [9.17, 15) is 9.59 Å². The summed E-state index contributed by atoms with van der Waals surface area (Å²) in [4.78, 5) is 21.7. The fraction of sp³-hybridized carbons (Fsp3) is 0.100. The molecule has 0 saturated heterocycles. The fourth-order valence-corrected chi connectivity index (χ4v) is 2.41. The fourth-order valence-electron chi connectivity index (χ4n) is 1.08. The first-order valence-electron chi connectivity index (χ1n) is 4.45. The smallest absolute Gasteiger partial charge is 0.260 e. The number of carbonyl (C=O) groups is 2. The number of rotatable bonds is 0. The monoisotopic (exact) mass is 320 g/mol. The highest BCUT2D eigenvalue weighted by atomic mass is 35.5. The van der Waals surface area contributed by atoms with Gasteiger partial charge in [-0.15, -0.1) is 11.3 Å². The molecule has 0 unspecified atom stereocenters. The number of halogens is 2. The van der Waals surface area contributed by atoms with E-state index in [2.05, 4.69) is 17.9 Å². The van der Waals surface area contributed by atoms with Gasteiger partial charge in [-0.1, -0.05) is 35.8 Å². The van der Waals surface area contributed by atoms with Crippen LogP contribution in [0.3, 0.4) is 0 Å². The summed E-state index contributed by atoms with van der Waals surface area (Å²) >= 11 is 15.4. The van der Waals surface area contributed by atoms with Crippen molar-refractivity contribution in [1.82, 2.24) is 0 Å². The van der Waals surface area contributed by atoms with E-state index in [0.29, 0.717) is 6.42 Å². The Hall–Kier alpha value is -1.00. The van der Waals surface area contributed by atoms with Gasteiger partial charge in [0.05, 0.1) is 16.4 Å². The largest absolute Gasteiger partial charge is 0.325 e. The Morgan fingerprint density at radius 1 is 1.56 bits per heavy atom. The molecule has 0 bridgehead atoms. The van der Waals surface area contributed by atoms with Gasteiger partial charge in [-0.05, 0) is 17.9 Å². The summed E-state index contributed by atoms with van der Waals surface area (Å²) in [6.07, 6.45) is 0.493. The minimum atomic E-state index is -0.588. The van der Waals surface area contributed by atoms with E-state index in [1.807, 2.05) is 11.8 Å². The second-order valence-corrected chi connectivity index (χ2v) is 5.53. The average molecular weight is 321 g/mol. The molecule has 1 aromatic rings. The van der Waals surface area contributed by atoms with Crippen molar-refractivity contribution in [3.63, 3.8) is 0 Å². The van der Waals surface area contributed by atoms with Gasteiger partial charge in [0.15, 0.2) is 5.17 Å². The van der Waals surface area contributed by atoms with Crippen LogP contribution in [0.1, 0.15) is 4.88 Å². The predicted octanol–water partition coefficient (Wildman–Crippen LogP) is 2.56. The Labute approximate surface area is 123 Å². The lowest BCUT2D eigenvalue weighted by molar-refractivity contribution is -0.115. The number of anilines is 1. The van der Waals surface area contributed by atoms with Crippen LogP contribution in [-0.2, 0) is 16.0 Å². The van der Waals surface area contributed by atoms with Crippen LogP contribution >= 0.6 is 47.2 Å². The third-order valence-corrected chi connectivity index (χ3v) is 3.12. The molecule has 0 saturated carbocycles. The number of thiophene rings is 1. The number of thiol groups is 1. The molecule has 0 fully saturated rings.